The van der Waals surface area contributed by atoms with E-state index in [-0.39, 0.29) is 43.3 Å². The molecule has 62 valence electrons. The number of piperidine rings is 1. The van der Waals surface area contributed by atoms with Crippen LogP contribution < -0.4 is 29.6 Å². The summed E-state index contributed by atoms with van der Waals surface area (Å²) in [5, 5.41) is 8.27. The quantitative estimate of drug-likeness (QED) is 0.435. The van der Waals surface area contributed by atoms with Crippen LogP contribution in [0.1, 0.15) is 27.1 Å². The minimum atomic E-state index is -0.00722. The van der Waals surface area contributed by atoms with Crippen LogP contribution in [-0.2, 0) is 4.79 Å². The Balaban J connectivity index is 0. The molecule has 4 heteroatoms. The number of carbonyl (C=O) groups excluding carboxylic acids is 1. The van der Waals surface area contributed by atoms with Crippen molar-refractivity contribution in [2.45, 2.75) is 25.7 Å². The van der Waals surface area contributed by atoms with E-state index < -0.39 is 0 Å². The van der Waals surface area contributed by atoms with E-state index in [0.717, 1.165) is 25.9 Å². The van der Waals surface area contributed by atoms with E-state index in [1.165, 1.54) is 6.42 Å². The number of amides is 1. The van der Waals surface area contributed by atoms with E-state index in [0.29, 0.717) is 0 Å². The van der Waals surface area contributed by atoms with Gasteiger partial charge in [-0.1, -0.05) is 0 Å². The van der Waals surface area contributed by atoms with Crippen LogP contribution in [0.15, 0.2) is 0 Å². The van der Waals surface area contributed by atoms with Gasteiger partial charge in [0.05, 0.1) is 6.07 Å². The van der Waals surface area contributed by atoms with Crippen molar-refractivity contribution in [1.82, 2.24) is 4.90 Å². The molecule has 1 rings (SSSR count). The van der Waals surface area contributed by atoms with Gasteiger partial charge in [0.1, 0.15) is 6.42 Å². The first-order valence-electron chi connectivity index (χ1n) is 3.99. The van der Waals surface area contributed by atoms with Gasteiger partial charge in [-0.2, -0.15) is 5.26 Å². The Labute approximate surface area is 96.5 Å². The third-order valence-electron chi connectivity index (χ3n) is 1.94. The van der Waals surface area contributed by atoms with Crippen LogP contribution in [0.4, 0.5) is 0 Å². The maximum atomic E-state index is 11.1. The van der Waals surface area contributed by atoms with Gasteiger partial charge in [-0.25, -0.2) is 0 Å². The standard InChI is InChI=1S/C8H12N2O.Na.H/c9-5-4-8(11)10-6-2-1-3-7-10;;/h1-4,6-7H2;;/q;+1;-1. The Morgan fingerprint density at radius 3 is 2.50 bits per heavy atom. The molecule has 0 spiro atoms. The molecule has 1 aliphatic heterocycles. The van der Waals surface area contributed by atoms with Gasteiger partial charge < -0.3 is 6.33 Å². The van der Waals surface area contributed by atoms with Crippen LogP contribution in [0.5, 0.6) is 0 Å². The molecule has 1 fully saturated rings. The van der Waals surface area contributed by atoms with Crippen LogP contribution in [0.3, 0.4) is 0 Å². The molecule has 1 saturated heterocycles. The van der Waals surface area contributed by atoms with Crippen molar-refractivity contribution < 1.29 is 35.8 Å². The van der Waals surface area contributed by atoms with Crippen molar-refractivity contribution in [2.75, 3.05) is 13.1 Å². The number of nitriles is 1. The normalized spacial score (nSPS) is 16.1. The van der Waals surface area contributed by atoms with Crippen LogP contribution in [0.2, 0.25) is 0 Å². The number of hydrogen-bond donors (Lipinski definition) is 0. The van der Waals surface area contributed by atoms with Crippen molar-refractivity contribution in [1.29, 1.82) is 5.26 Å². The van der Waals surface area contributed by atoms with Crippen molar-refractivity contribution in [3.8, 4) is 6.07 Å². The third kappa shape index (κ3) is 3.57. The second-order valence-corrected chi connectivity index (χ2v) is 2.78. The molecule has 0 bridgehead atoms. The zero-order chi connectivity index (χ0) is 8.10. The van der Waals surface area contributed by atoms with Gasteiger partial charge in [-0.3, -0.25) is 4.79 Å². The first-order valence-corrected chi connectivity index (χ1v) is 3.99. The molecular formula is C8H13N2NaO. The summed E-state index contributed by atoms with van der Waals surface area (Å²) in [6.07, 6.45) is 3.45. The van der Waals surface area contributed by atoms with E-state index in [2.05, 4.69) is 0 Å². The summed E-state index contributed by atoms with van der Waals surface area (Å²) in [6.45, 7) is 1.70. The molecule has 0 aromatic carbocycles. The summed E-state index contributed by atoms with van der Waals surface area (Å²) < 4.78 is 0. The number of hydrogen-bond acceptors (Lipinski definition) is 2. The molecule has 0 saturated carbocycles. The zero-order valence-electron chi connectivity index (χ0n) is 8.55. The smallest absolute Gasteiger partial charge is 1.00 e. The van der Waals surface area contributed by atoms with Gasteiger partial charge in [-0.05, 0) is 19.3 Å². The summed E-state index contributed by atoms with van der Waals surface area (Å²) in [5.41, 5.74) is 0. The Bertz CT molecular complexity index is 187. The molecule has 3 nitrogen and oxygen atoms in total. The third-order valence-corrected chi connectivity index (χ3v) is 1.94. The summed E-state index contributed by atoms with van der Waals surface area (Å²) in [4.78, 5) is 12.9. The van der Waals surface area contributed by atoms with Gasteiger partial charge in [0, 0.05) is 13.1 Å². The predicted octanol–water partition coefficient (Wildman–Crippen LogP) is -1.97. The SMILES string of the molecule is N#CCC(=O)N1CCCCC1.[H-].[Na+]. The van der Waals surface area contributed by atoms with Gasteiger partial charge in [0.15, 0.2) is 0 Å². The van der Waals surface area contributed by atoms with Crippen molar-refractivity contribution in [3.05, 3.63) is 0 Å². The molecule has 0 aliphatic carbocycles. The van der Waals surface area contributed by atoms with Crippen molar-refractivity contribution >= 4 is 5.91 Å². The fourth-order valence-corrected chi connectivity index (χ4v) is 1.32. The number of carbonyl (C=O) groups is 1. The van der Waals surface area contributed by atoms with E-state index in [1.807, 2.05) is 6.07 Å². The topological polar surface area (TPSA) is 44.1 Å². The molecule has 0 aromatic rings. The molecule has 1 heterocycles. The average molecular weight is 176 g/mol. The van der Waals surface area contributed by atoms with Crippen LogP contribution in [0.25, 0.3) is 0 Å². The zero-order valence-corrected chi connectivity index (χ0v) is 9.55. The minimum absolute atomic E-state index is 0. The maximum absolute atomic E-state index is 11.1. The van der Waals surface area contributed by atoms with E-state index in [1.54, 1.807) is 4.90 Å². The Morgan fingerprint density at radius 1 is 1.42 bits per heavy atom. The number of rotatable bonds is 1. The largest absolute Gasteiger partial charge is 1.00 e. The fourth-order valence-electron chi connectivity index (χ4n) is 1.32. The Morgan fingerprint density at radius 2 is 2.00 bits per heavy atom. The second kappa shape index (κ2) is 6.47. The Hall–Kier alpha value is -0.0400. The van der Waals surface area contributed by atoms with Gasteiger partial charge in [0.2, 0.25) is 5.91 Å². The predicted molar refractivity (Wildman–Crippen MR) is 41.8 cm³/mol. The first-order chi connectivity index (χ1) is 5.34. The molecule has 0 aromatic heterocycles. The van der Waals surface area contributed by atoms with Gasteiger partial charge in [0.25, 0.3) is 0 Å². The summed E-state index contributed by atoms with van der Waals surface area (Å²) in [7, 11) is 0. The Kier molecular flexibility index (Phi) is 6.45. The van der Waals surface area contributed by atoms with Gasteiger partial charge >= 0.3 is 29.6 Å². The summed E-state index contributed by atoms with van der Waals surface area (Å²) >= 11 is 0. The second-order valence-electron chi connectivity index (χ2n) is 2.78. The van der Waals surface area contributed by atoms with E-state index in [4.69, 9.17) is 5.26 Å². The van der Waals surface area contributed by atoms with Crippen molar-refractivity contribution in [3.63, 3.8) is 0 Å². The fraction of sp³-hybridized carbons (Fsp3) is 0.750. The molecule has 1 amide bonds. The van der Waals surface area contributed by atoms with Gasteiger partial charge in [-0.15, -0.1) is 0 Å². The summed E-state index contributed by atoms with van der Waals surface area (Å²) in [6, 6.07) is 1.87. The molecule has 0 N–H and O–H groups in total. The van der Waals surface area contributed by atoms with Crippen LogP contribution >= 0.6 is 0 Å². The van der Waals surface area contributed by atoms with Crippen LogP contribution in [0, 0.1) is 11.3 Å². The minimum Gasteiger partial charge on any atom is -1.00 e. The number of likely N-dealkylation sites (tertiary alicyclic amines) is 1. The molecule has 12 heavy (non-hydrogen) atoms. The average Bonchev–Trinajstić information content (AvgIpc) is 2.07. The van der Waals surface area contributed by atoms with Crippen LogP contribution in [-0.4, -0.2) is 23.9 Å². The molecule has 1 aliphatic rings. The van der Waals surface area contributed by atoms with E-state index >= 15 is 0 Å². The monoisotopic (exact) mass is 176 g/mol. The molecular weight excluding hydrogens is 163 g/mol. The van der Waals surface area contributed by atoms with E-state index in [9.17, 15) is 4.79 Å². The number of nitrogens with zero attached hydrogens (tertiary/aromatic N) is 2. The van der Waals surface area contributed by atoms with Crippen molar-refractivity contribution in [2.24, 2.45) is 0 Å². The molecule has 0 radical (unpaired) electrons. The first kappa shape index (κ1) is 12.0. The molecule has 0 unspecified atom stereocenters. The maximum Gasteiger partial charge on any atom is 1.00 e. The molecule has 0 atom stereocenters. The summed E-state index contributed by atoms with van der Waals surface area (Å²) in [5.74, 6) is -0.00722.